The van der Waals surface area contributed by atoms with Crippen LogP contribution in [-0.2, 0) is 23.1 Å². The fourth-order valence-electron chi connectivity index (χ4n) is 3.69. The highest BCUT2D eigenvalue weighted by Crippen LogP contribution is 2.30. The average Bonchev–Trinajstić information content (AvgIpc) is 3.07. The number of para-hydroxylation sites is 2. The van der Waals surface area contributed by atoms with Gasteiger partial charge in [0.05, 0.1) is 11.0 Å². The first-order valence-corrected chi connectivity index (χ1v) is 10.8. The van der Waals surface area contributed by atoms with Crippen LogP contribution in [0.25, 0.3) is 11.0 Å². The van der Waals surface area contributed by atoms with E-state index in [1.807, 2.05) is 61.9 Å². The monoisotopic (exact) mass is 436 g/mol. The van der Waals surface area contributed by atoms with Gasteiger partial charge in [0.2, 0.25) is 12.0 Å². The molecular weight excluding hydrogens is 408 g/mol. The minimum absolute atomic E-state index is 0.00486. The number of anilines is 1. The normalized spacial score (nSPS) is 15.1. The molecule has 168 valence electrons. The van der Waals surface area contributed by atoms with Gasteiger partial charge in [0.15, 0.2) is 11.5 Å². The Hall–Kier alpha value is -3.55. The van der Waals surface area contributed by atoms with Gasteiger partial charge < -0.3 is 24.7 Å². The Balaban J connectivity index is 1.34. The van der Waals surface area contributed by atoms with Crippen molar-refractivity contribution in [3.05, 3.63) is 48.3 Å². The summed E-state index contributed by atoms with van der Waals surface area (Å²) in [5.41, 5.74) is 2.50. The first kappa shape index (κ1) is 21.7. The SMILES string of the molecule is CC(C)CC(=O)Nc1ccc2c(c1)nc(CCNC(=O)[C@@H]1COc3ccccc3O1)n2C. The Morgan fingerprint density at radius 1 is 1.19 bits per heavy atom. The molecule has 1 aliphatic rings. The summed E-state index contributed by atoms with van der Waals surface area (Å²) in [5, 5.41) is 5.83. The van der Waals surface area contributed by atoms with Gasteiger partial charge in [-0.15, -0.1) is 0 Å². The fourth-order valence-corrected chi connectivity index (χ4v) is 3.69. The molecule has 8 heteroatoms. The van der Waals surface area contributed by atoms with Crippen LogP contribution in [-0.4, -0.2) is 40.6 Å². The standard InChI is InChI=1S/C24H28N4O4/c1-15(2)12-23(29)26-16-8-9-18-17(13-16)27-22(28(18)3)10-11-25-24(30)21-14-31-19-6-4-5-7-20(19)32-21/h4-9,13,15,21H,10-12,14H2,1-3H3,(H,25,30)(H,26,29)/t21-/m0/s1. The topological polar surface area (TPSA) is 94.5 Å². The quantitative estimate of drug-likeness (QED) is 0.594. The van der Waals surface area contributed by atoms with E-state index in [9.17, 15) is 9.59 Å². The summed E-state index contributed by atoms with van der Waals surface area (Å²) in [6.45, 7) is 4.63. The van der Waals surface area contributed by atoms with Gasteiger partial charge in [0.25, 0.3) is 5.91 Å². The fraction of sp³-hybridized carbons (Fsp3) is 0.375. The molecule has 2 N–H and O–H groups in total. The largest absolute Gasteiger partial charge is 0.485 e. The summed E-state index contributed by atoms with van der Waals surface area (Å²) in [6, 6.07) is 13.0. The average molecular weight is 437 g/mol. The first-order chi connectivity index (χ1) is 15.4. The zero-order valence-electron chi connectivity index (χ0n) is 18.6. The van der Waals surface area contributed by atoms with E-state index in [0.29, 0.717) is 36.8 Å². The van der Waals surface area contributed by atoms with Gasteiger partial charge in [-0.3, -0.25) is 9.59 Å². The van der Waals surface area contributed by atoms with Crippen molar-refractivity contribution >= 4 is 28.5 Å². The van der Waals surface area contributed by atoms with Gasteiger partial charge in [-0.05, 0) is 36.2 Å². The van der Waals surface area contributed by atoms with Crippen LogP contribution in [0.4, 0.5) is 5.69 Å². The van der Waals surface area contributed by atoms with Gasteiger partial charge in [-0.25, -0.2) is 4.98 Å². The third-order valence-corrected chi connectivity index (χ3v) is 5.30. The number of ether oxygens (including phenoxy) is 2. The summed E-state index contributed by atoms with van der Waals surface area (Å²) >= 11 is 0. The Morgan fingerprint density at radius 2 is 1.97 bits per heavy atom. The number of carbonyl (C=O) groups is 2. The number of fused-ring (bicyclic) bond motifs is 2. The Morgan fingerprint density at radius 3 is 2.75 bits per heavy atom. The lowest BCUT2D eigenvalue weighted by Gasteiger charge is -2.25. The summed E-state index contributed by atoms with van der Waals surface area (Å²) in [6.07, 6.45) is 0.366. The molecule has 0 saturated carbocycles. The second-order valence-corrected chi connectivity index (χ2v) is 8.34. The van der Waals surface area contributed by atoms with Crippen molar-refractivity contribution in [3.8, 4) is 11.5 Å². The maximum absolute atomic E-state index is 12.5. The van der Waals surface area contributed by atoms with E-state index in [2.05, 4.69) is 15.6 Å². The van der Waals surface area contributed by atoms with E-state index < -0.39 is 6.10 Å². The molecule has 8 nitrogen and oxygen atoms in total. The number of nitrogens with one attached hydrogen (secondary N) is 2. The number of aromatic nitrogens is 2. The van der Waals surface area contributed by atoms with Crippen molar-refractivity contribution in [1.29, 1.82) is 0 Å². The summed E-state index contributed by atoms with van der Waals surface area (Å²) in [7, 11) is 1.94. The third kappa shape index (κ3) is 4.85. The third-order valence-electron chi connectivity index (χ3n) is 5.30. The van der Waals surface area contributed by atoms with Crippen LogP contribution < -0.4 is 20.1 Å². The lowest BCUT2D eigenvalue weighted by atomic mass is 10.1. The molecule has 0 aliphatic carbocycles. The summed E-state index contributed by atoms with van der Waals surface area (Å²) in [5.74, 6) is 2.15. The van der Waals surface area contributed by atoms with Crippen molar-refractivity contribution in [3.63, 3.8) is 0 Å². The van der Waals surface area contributed by atoms with Crippen LogP contribution in [0.2, 0.25) is 0 Å². The van der Waals surface area contributed by atoms with E-state index in [1.54, 1.807) is 6.07 Å². The molecule has 2 aromatic carbocycles. The van der Waals surface area contributed by atoms with Crippen molar-refractivity contribution in [2.45, 2.75) is 32.8 Å². The molecule has 0 unspecified atom stereocenters. The van der Waals surface area contributed by atoms with Crippen LogP contribution in [0.15, 0.2) is 42.5 Å². The van der Waals surface area contributed by atoms with E-state index in [4.69, 9.17) is 9.47 Å². The predicted octanol–water partition coefficient (Wildman–Crippen LogP) is 3.06. The number of hydrogen-bond donors (Lipinski definition) is 2. The van der Waals surface area contributed by atoms with Crippen LogP contribution in [0.3, 0.4) is 0 Å². The molecule has 2 heterocycles. The van der Waals surface area contributed by atoms with Gasteiger partial charge >= 0.3 is 0 Å². The molecule has 1 aromatic heterocycles. The second kappa shape index (κ2) is 9.30. The van der Waals surface area contributed by atoms with Crippen molar-refractivity contribution in [2.75, 3.05) is 18.5 Å². The molecule has 1 aliphatic heterocycles. The number of nitrogens with zero attached hydrogens (tertiary/aromatic N) is 2. The molecule has 0 bridgehead atoms. The molecule has 4 rings (SSSR count). The minimum atomic E-state index is -0.678. The maximum Gasteiger partial charge on any atom is 0.264 e. The zero-order chi connectivity index (χ0) is 22.7. The number of amides is 2. The number of aryl methyl sites for hydroxylation is 1. The molecule has 0 spiro atoms. The Kier molecular flexibility index (Phi) is 6.30. The number of rotatable bonds is 7. The van der Waals surface area contributed by atoms with Crippen LogP contribution in [0, 0.1) is 5.92 Å². The smallest absolute Gasteiger partial charge is 0.264 e. The van der Waals surface area contributed by atoms with Gasteiger partial charge in [-0.1, -0.05) is 26.0 Å². The molecular formula is C24H28N4O4. The number of carbonyl (C=O) groups excluding carboxylic acids is 2. The maximum atomic E-state index is 12.5. The molecule has 0 fully saturated rings. The highest BCUT2D eigenvalue weighted by atomic mass is 16.6. The Bertz CT molecular complexity index is 1140. The van der Waals surface area contributed by atoms with E-state index in [-0.39, 0.29) is 18.4 Å². The van der Waals surface area contributed by atoms with Gasteiger partial charge in [0, 0.05) is 32.1 Å². The number of imidazole rings is 1. The lowest BCUT2D eigenvalue weighted by Crippen LogP contribution is -2.44. The van der Waals surface area contributed by atoms with Crippen molar-refractivity contribution in [2.24, 2.45) is 13.0 Å². The Labute approximate surface area is 186 Å². The highest BCUT2D eigenvalue weighted by molar-refractivity contribution is 5.93. The van der Waals surface area contributed by atoms with E-state index >= 15 is 0 Å². The predicted molar refractivity (Wildman–Crippen MR) is 122 cm³/mol. The lowest BCUT2D eigenvalue weighted by molar-refractivity contribution is -0.130. The number of benzene rings is 2. The zero-order valence-corrected chi connectivity index (χ0v) is 18.6. The summed E-state index contributed by atoms with van der Waals surface area (Å²) in [4.78, 5) is 29.2. The molecule has 0 saturated heterocycles. The summed E-state index contributed by atoms with van der Waals surface area (Å²) < 4.78 is 13.4. The van der Waals surface area contributed by atoms with Gasteiger partial charge in [-0.2, -0.15) is 0 Å². The number of hydrogen-bond acceptors (Lipinski definition) is 5. The molecule has 1 atom stereocenters. The van der Waals surface area contributed by atoms with Gasteiger partial charge in [0.1, 0.15) is 12.4 Å². The van der Waals surface area contributed by atoms with Crippen LogP contribution >= 0.6 is 0 Å². The second-order valence-electron chi connectivity index (χ2n) is 8.34. The minimum Gasteiger partial charge on any atom is -0.485 e. The van der Waals surface area contributed by atoms with Crippen LogP contribution in [0.5, 0.6) is 11.5 Å². The first-order valence-electron chi connectivity index (χ1n) is 10.8. The molecule has 0 radical (unpaired) electrons. The van der Waals surface area contributed by atoms with E-state index in [0.717, 1.165) is 22.5 Å². The van der Waals surface area contributed by atoms with Crippen molar-refractivity contribution < 1.29 is 19.1 Å². The molecule has 3 aromatic rings. The van der Waals surface area contributed by atoms with Crippen molar-refractivity contribution in [1.82, 2.24) is 14.9 Å². The van der Waals surface area contributed by atoms with Crippen LogP contribution in [0.1, 0.15) is 26.1 Å². The van der Waals surface area contributed by atoms with E-state index in [1.165, 1.54) is 0 Å². The molecule has 32 heavy (non-hydrogen) atoms. The molecule has 2 amide bonds. The highest BCUT2D eigenvalue weighted by Gasteiger charge is 2.27.